The number of hydrogen-bond acceptors (Lipinski definition) is 4. The predicted octanol–water partition coefficient (Wildman–Crippen LogP) is 1.28. The van der Waals surface area contributed by atoms with E-state index in [2.05, 4.69) is 5.32 Å². The molecule has 17 heavy (non-hydrogen) atoms. The fourth-order valence-corrected chi connectivity index (χ4v) is 2.77. The third-order valence-corrected chi connectivity index (χ3v) is 3.99. The van der Waals surface area contributed by atoms with E-state index in [0.717, 1.165) is 4.90 Å². The molecule has 1 saturated heterocycles. The average Bonchev–Trinajstić information content (AvgIpc) is 2.87. The molecule has 5 nitrogen and oxygen atoms in total. The molecule has 1 fully saturated rings. The summed E-state index contributed by atoms with van der Waals surface area (Å²) in [4.78, 5) is 36.7. The molecule has 0 unspecified atom stereocenters. The number of imide groups is 2. The highest BCUT2D eigenvalue weighted by Crippen LogP contribution is 2.35. The number of halogens is 1. The zero-order chi connectivity index (χ0) is 12.6. The lowest BCUT2D eigenvalue weighted by Gasteiger charge is -2.28. The van der Waals surface area contributed by atoms with Crippen LogP contribution >= 0.6 is 22.9 Å². The normalized spacial score (nSPS) is 24.0. The van der Waals surface area contributed by atoms with Gasteiger partial charge in [0.15, 0.2) is 5.54 Å². The van der Waals surface area contributed by atoms with Crippen LogP contribution in [-0.2, 0) is 15.1 Å². The van der Waals surface area contributed by atoms with E-state index in [9.17, 15) is 14.4 Å². The van der Waals surface area contributed by atoms with E-state index in [1.807, 2.05) is 0 Å². The molecule has 1 aromatic rings. The average molecular weight is 273 g/mol. The molecule has 2 heterocycles. The van der Waals surface area contributed by atoms with Crippen LogP contribution in [0.25, 0.3) is 0 Å². The Bertz CT molecular complexity index is 488. The largest absolute Gasteiger partial charge is 0.332 e. The zero-order valence-electron chi connectivity index (χ0n) is 8.90. The third-order valence-electron chi connectivity index (χ3n) is 2.68. The number of nitrogens with one attached hydrogen (secondary N) is 1. The molecule has 7 heteroatoms. The van der Waals surface area contributed by atoms with E-state index in [1.165, 1.54) is 18.3 Å². The second-order valence-corrected chi connectivity index (χ2v) is 4.89. The lowest BCUT2D eigenvalue weighted by Crippen LogP contribution is -2.47. The van der Waals surface area contributed by atoms with Gasteiger partial charge in [-0.15, -0.1) is 22.9 Å². The highest BCUT2D eigenvalue weighted by Gasteiger charge is 2.53. The molecule has 1 aromatic heterocycles. The Morgan fingerprint density at radius 1 is 1.59 bits per heavy atom. The smallest absolute Gasteiger partial charge is 0.275 e. The monoisotopic (exact) mass is 272 g/mol. The molecular formula is C10H9ClN2O3S. The van der Waals surface area contributed by atoms with Crippen molar-refractivity contribution in [3.63, 3.8) is 0 Å². The molecule has 0 saturated carbocycles. The minimum atomic E-state index is -1.29. The number of alkyl halides is 1. The Labute approximate surface area is 106 Å². The fraction of sp³-hybridized carbons (Fsp3) is 0.300. The fourth-order valence-electron chi connectivity index (χ4n) is 1.78. The van der Waals surface area contributed by atoms with Gasteiger partial charge in [0.1, 0.15) is 5.88 Å². The van der Waals surface area contributed by atoms with Crippen LogP contribution in [0.1, 0.15) is 11.8 Å². The predicted molar refractivity (Wildman–Crippen MR) is 62.8 cm³/mol. The molecule has 0 aliphatic carbocycles. The van der Waals surface area contributed by atoms with E-state index >= 15 is 0 Å². The first-order valence-corrected chi connectivity index (χ1v) is 6.21. The maximum atomic E-state index is 11.9. The van der Waals surface area contributed by atoms with Gasteiger partial charge in [0.25, 0.3) is 5.91 Å². The number of carbonyl (C=O) groups is 3. The summed E-state index contributed by atoms with van der Waals surface area (Å²) in [6.45, 7) is 1.53. The van der Waals surface area contributed by atoms with E-state index in [-0.39, 0.29) is 5.88 Å². The number of nitrogens with zero attached hydrogens (tertiary/aromatic N) is 1. The van der Waals surface area contributed by atoms with Crippen LogP contribution in [-0.4, -0.2) is 28.6 Å². The molecule has 1 aliphatic rings. The van der Waals surface area contributed by atoms with Gasteiger partial charge in [-0.05, 0) is 18.4 Å². The van der Waals surface area contributed by atoms with Crippen molar-refractivity contribution in [2.45, 2.75) is 12.5 Å². The van der Waals surface area contributed by atoms with Gasteiger partial charge in [-0.1, -0.05) is 6.07 Å². The van der Waals surface area contributed by atoms with Crippen LogP contribution in [0, 0.1) is 0 Å². The molecule has 1 aliphatic heterocycles. The maximum absolute atomic E-state index is 11.9. The summed E-state index contributed by atoms with van der Waals surface area (Å²) in [5.41, 5.74) is -1.29. The molecule has 2 rings (SSSR count). The number of rotatable bonds is 2. The zero-order valence-corrected chi connectivity index (χ0v) is 10.5. The van der Waals surface area contributed by atoms with Crippen molar-refractivity contribution in [2.75, 3.05) is 5.88 Å². The Balaban J connectivity index is 2.52. The van der Waals surface area contributed by atoms with Crippen molar-refractivity contribution in [3.8, 4) is 0 Å². The lowest BCUT2D eigenvalue weighted by molar-refractivity contribution is -0.136. The molecule has 0 bridgehead atoms. The summed E-state index contributed by atoms with van der Waals surface area (Å²) in [6, 6.07) is 2.73. The van der Waals surface area contributed by atoms with Crippen LogP contribution in [0.4, 0.5) is 4.79 Å². The molecule has 4 amide bonds. The minimum absolute atomic E-state index is 0.346. The quantitative estimate of drug-likeness (QED) is 0.651. The first-order chi connectivity index (χ1) is 8.01. The van der Waals surface area contributed by atoms with Crippen molar-refractivity contribution >= 4 is 40.8 Å². The van der Waals surface area contributed by atoms with Crippen molar-refractivity contribution in [1.29, 1.82) is 0 Å². The highest BCUT2D eigenvalue weighted by atomic mass is 35.5. The summed E-state index contributed by atoms with van der Waals surface area (Å²) in [5.74, 6) is -1.45. The Kier molecular flexibility index (Phi) is 2.92. The third kappa shape index (κ3) is 1.64. The van der Waals surface area contributed by atoms with Crippen molar-refractivity contribution in [3.05, 3.63) is 22.4 Å². The molecule has 0 spiro atoms. The van der Waals surface area contributed by atoms with Crippen LogP contribution in [0.5, 0.6) is 0 Å². The SMILES string of the molecule is C[C@@]1(c2cccs2)C(=O)NC(=O)N1C(=O)CCl. The minimum Gasteiger partial charge on any atom is -0.275 e. The van der Waals surface area contributed by atoms with Crippen LogP contribution in [0.3, 0.4) is 0 Å². The Morgan fingerprint density at radius 2 is 2.29 bits per heavy atom. The van der Waals surface area contributed by atoms with Gasteiger partial charge in [0.2, 0.25) is 5.91 Å². The number of carbonyl (C=O) groups excluding carboxylic acids is 3. The first-order valence-electron chi connectivity index (χ1n) is 4.80. The molecule has 1 atom stereocenters. The maximum Gasteiger partial charge on any atom is 0.332 e. The van der Waals surface area contributed by atoms with Crippen molar-refractivity contribution in [2.24, 2.45) is 0 Å². The molecule has 1 N–H and O–H groups in total. The Morgan fingerprint density at radius 3 is 2.82 bits per heavy atom. The van der Waals surface area contributed by atoms with Crippen LogP contribution in [0.15, 0.2) is 17.5 Å². The summed E-state index contributed by atoms with van der Waals surface area (Å²) >= 11 is 6.76. The van der Waals surface area contributed by atoms with Gasteiger partial charge in [0.05, 0.1) is 0 Å². The topological polar surface area (TPSA) is 66.5 Å². The standard InChI is InChI=1S/C10H9ClN2O3S/c1-10(6-3-2-4-17-6)8(15)12-9(16)13(10)7(14)5-11/h2-4H,5H2,1H3,(H,12,15,16)/t10-/m1/s1. The van der Waals surface area contributed by atoms with Crippen molar-refractivity contribution in [1.82, 2.24) is 10.2 Å². The second kappa shape index (κ2) is 4.12. The van der Waals surface area contributed by atoms with Gasteiger partial charge < -0.3 is 0 Å². The summed E-state index contributed by atoms with van der Waals surface area (Å²) in [7, 11) is 0. The first kappa shape index (κ1) is 12.1. The Hall–Kier alpha value is -1.40. The van der Waals surface area contributed by atoms with Gasteiger partial charge in [-0.3, -0.25) is 14.9 Å². The van der Waals surface area contributed by atoms with E-state index < -0.39 is 23.4 Å². The number of thiophene rings is 1. The number of hydrogen-bond donors (Lipinski definition) is 1. The second-order valence-electron chi connectivity index (χ2n) is 3.67. The molecular weight excluding hydrogens is 264 g/mol. The summed E-state index contributed by atoms with van der Waals surface area (Å²) in [5, 5.41) is 3.91. The number of amides is 4. The van der Waals surface area contributed by atoms with Gasteiger partial charge >= 0.3 is 6.03 Å². The lowest BCUT2D eigenvalue weighted by atomic mass is 9.98. The summed E-state index contributed by atoms with van der Waals surface area (Å²) < 4.78 is 0. The summed E-state index contributed by atoms with van der Waals surface area (Å²) in [6.07, 6.45) is 0. The van der Waals surface area contributed by atoms with E-state index in [4.69, 9.17) is 11.6 Å². The number of urea groups is 1. The molecule has 0 aromatic carbocycles. The van der Waals surface area contributed by atoms with E-state index in [0.29, 0.717) is 4.88 Å². The van der Waals surface area contributed by atoms with Gasteiger partial charge in [-0.25, -0.2) is 9.69 Å². The van der Waals surface area contributed by atoms with Crippen LogP contribution in [0.2, 0.25) is 0 Å². The van der Waals surface area contributed by atoms with Crippen LogP contribution < -0.4 is 5.32 Å². The van der Waals surface area contributed by atoms with E-state index in [1.54, 1.807) is 17.5 Å². The van der Waals surface area contributed by atoms with Crippen molar-refractivity contribution < 1.29 is 14.4 Å². The van der Waals surface area contributed by atoms with Gasteiger partial charge in [-0.2, -0.15) is 0 Å². The van der Waals surface area contributed by atoms with Gasteiger partial charge in [0, 0.05) is 4.88 Å². The molecule has 90 valence electrons. The molecule has 0 radical (unpaired) electrons. The highest BCUT2D eigenvalue weighted by molar-refractivity contribution is 7.10.